The van der Waals surface area contributed by atoms with E-state index in [4.69, 9.17) is 29.2 Å². The maximum Gasteiger partial charge on any atom is 0.573 e. The molecule has 0 atom stereocenters. The molecule has 4 N–H and O–H groups in total. The molecule has 0 aliphatic rings. The first-order valence-electron chi connectivity index (χ1n) is 20.4. The van der Waals surface area contributed by atoms with Crippen molar-refractivity contribution in [2.24, 2.45) is 0 Å². The summed E-state index contributed by atoms with van der Waals surface area (Å²) in [4.78, 5) is 21.2. The Labute approximate surface area is 408 Å². The minimum Gasteiger partial charge on any atom is -0.490 e. The maximum absolute atomic E-state index is 13.0. The number of alkyl halides is 3. The van der Waals surface area contributed by atoms with E-state index in [-0.39, 0.29) is 73.7 Å². The van der Waals surface area contributed by atoms with E-state index in [1.54, 1.807) is 42.5 Å². The molecule has 7 aromatic rings. The highest BCUT2D eigenvalue weighted by molar-refractivity contribution is 7.96. The third-order valence-corrected chi connectivity index (χ3v) is 15.8. The Balaban J connectivity index is 0.000000233. The lowest BCUT2D eigenvalue weighted by Crippen LogP contribution is -2.21. The van der Waals surface area contributed by atoms with Crippen molar-refractivity contribution >= 4 is 64.5 Å². The number of para-hydroxylation sites is 5. The molecular formula is C47H39F3N2O15S4. The summed E-state index contributed by atoms with van der Waals surface area (Å²) in [6, 6.07) is 38.6. The number of hydrogen-bond acceptors (Lipinski definition) is 14. The lowest BCUT2D eigenvalue weighted by molar-refractivity contribution is -0.275. The Morgan fingerprint density at radius 1 is 0.479 bits per heavy atom. The zero-order valence-corrected chi connectivity index (χ0v) is 39.7. The number of rotatable bonds is 21. The lowest BCUT2D eigenvalue weighted by atomic mass is 10.2. The van der Waals surface area contributed by atoms with Gasteiger partial charge < -0.3 is 33.9 Å². The van der Waals surface area contributed by atoms with Gasteiger partial charge in [-0.15, -0.1) is 24.5 Å². The van der Waals surface area contributed by atoms with Crippen molar-refractivity contribution in [3.8, 4) is 28.7 Å². The number of ether oxygens (including phenoxy) is 5. The van der Waals surface area contributed by atoms with Gasteiger partial charge in [-0.1, -0.05) is 54.6 Å². The molecule has 0 spiro atoms. The molecule has 7 rings (SSSR count). The van der Waals surface area contributed by atoms with E-state index in [9.17, 15) is 48.0 Å². The zero-order chi connectivity index (χ0) is 51.2. The number of halogens is 3. The molecule has 1 aromatic heterocycles. The SMILES string of the molecule is O=C(O)c1ccc(OCCOc2ccccc2NS(=O)(=O)c2ccc(S(=O)(=O)c3ccccc3)s2)cc1.O=C(O)c1ccc(OCCOc2ccccc2NS(=O)(=O)c2ccccc2OC(F)(F)F)cc1. The fraction of sp³-hybridized carbons (Fsp3) is 0.106. The first-order valence-corrected chi connectivity index (χ1v) is 25.6. The molecule has 0 saturated carbocycles. The number of benzene rings is 6. The van der Waals surface area contributed by atoms with Crippen LogP contribution < -0.4 is 33.1 Å². The fourth-order valence-electron chi connectivity index (χ4n) is 5.95. The number of nitrogens with one attached hydrogen (secondary N) is 2. The number of sulfonamides is 2. The number of aromatic carboxylic acids is 2. The van der Waals surface area contributed by atoms with Gasteiger partial charge in [0.1, 0.15) is 68.5 Å². The van der Waals surface area contributed by atoms with Gasteiger partial charge in [0.2, 0.25) is 9.84 Å². The van der Waals surface area contributed by atoms with Crippen LogP contribution in [0.25, 0.3) is 0 Å². The highest BCUT2D eigenvalue weighted by Crippen LogP contribution is 2.35. The van der Waals surface area contributed by atoms with Crippen LogP contribution in [-0.2, 0) is 29.9 Å². The normalized spacial score (nSPS) is 11.5. The van der Waals surface area contributed by atoms with Crippen LogP contribution in [-0.4, -0.2) is 80.2 Å². The van der Waals surface area contributed by atoms with Crippen molar-refractivity contribution in [1.82, 2.24) is 0 Å². The Morgan fingerprint density at radius 3 is 1.37 bits per heavy atom. The van der Waals surface area contributed by atoms with Gasteiger partial charge in [0, 0.05) is 0 Å². The zero-order valence-electron chi connectivity index (χ0n) is 36.4. The van der Waals surface area contributed by atoms with E-state index in [0.717, 1.165) is 12.1 Å². The standard InChI is InChI=1S/C25H21NO8S3.C22H18F3NO7S/c27-25(28)18-10-12-19(13-11-18)33-16-17-34-22-9-5-4-8-21(22)26-37(31,32)24-15-14-23(35-24)36(29,30)20-6-2-1-3-7-20;23-22(24,25)33-19-7-3-4-8-20(19)34(29,30)26-17-5-1-2-6-18(17)32-14-13-31-16-11-9-15(10-12-16)21(27)28/h1-15,26H,16-17H2,(H,27,28);1-12,26H,13-14H2,(H,27,28). The van der Waals surface area contributed by atoms with Crippen LogP contribution in [0.2, 0.25) is 0 Å². The van der Waals surface area contributed by atoms with Crippen LogP contribution in [0.3, 0.4) is 0 Å². The quantitative estimate of drug-likeness (QED) is 0.0490. The summed E-state index contributed by atoms with van der Waals surface area (Å²) in [5.41, 5.74) is 0.414. The van der Waals surface area contributed by atoms with Gasteiger partial charge in [-0.3, -0.25) is 9.44 Å². The molecule has 24 heteroatoms. The van der Waals surface area contributed by atoms with Gasteiger partial charge in [0.25, 0.3) is 20.0 Å². The molecule has 1 heterocycles. The van der Waals surface area contributed by atoms with Crippen LogP contribution in [0.15, 0.2) is 182 Å². The molecule has 71 heavy (non-hydrogen) atoms. The Bertz CT molecular complexity index is 3280. The molecule has 0 aliphatic carbocycles. The molecule has 17 nitrogen and oxygen atoms in total. The van der Waals surface area contributed by atoms with Crippen LogP contribution >= 0.6 is 11.3 Å². The minimum atomic E-state index is -5.07. The Kier molecular flexibility index (Phi) is 17.2. The van der Waals surface area contributed by atoms with Crippen molar-refractivity contribution in [3.05, 3.63) is 175 Å². The first-order chi connectivity index (χ1) is 33.7. The van der Waals surface area contributed by atoms with Gasteiger partial charge >= 0.3 is 18.3 Å². The number of anilines is 2. The van der Waals surface area contributed by atoms with Crippen LogP contribution in [0.5, 0.6) is 28.7 Å². The number of sulfone groups is 1. The van der Waals surface area contributed by atoms with E-state index in [1.807, 2.05) is 0 Å². The number of hydrogen-bond donors (Lipinski definition) is 4. The summed E-state index contributed by atoms with van der Waals surface area (Å²) in [5, 5.41) is 17.8. The second kappa shape index (κ2) is 23.2. The number of carboxylic acids is 2. The monoisotopic (exact) mass is 1060 g/mol. The molecule has 0 fully saturated rings. The smallest absolute Gasteiger partial charge is 0.490 e. The van der Waals surface area contributed by atoms with E-state index in [2.05, 4.69) is 14.2 Å². The average molecular weight is 1060 g/mol. The predicted octanol–water partition coefficient (Wildman–Crippen LogP) is 9.08. The number of thiophene rings is 1. The largest absolute Gasteiger partial charge is 0.573 e. The van der Waals surface area contributed by atoms with Gasteiger partial charge in [0.05, 0.1) is 27.4 Å². The summed E-state index contributed by atoms with van der Waals surface area (Å²) in [5.74, 6) is -1.74. The number of carbonyl (C=O) groups is 2. The summed E-state index contributed by atoms with van der Waals surface area (Å²) in [6.45, 7) is 0.250. The summed E-state index contributed by atoms with van der Waals surface area (Å²) >= 11 is 0.653. The summed E-state index contributed by atoms with van der Waals surface area (Å²) < 4.78 is 146. The average Bonchev–Trinajstić information content (AvgIpc) is 3.86. The fourth-order valence-corrected chi connectivity index (χ4v) is 11.4. The first kappa shape index (κ1) is 52.6. The summed E-state index contributed by atoms with van der Waals surface area (Å²) in [7, 11) is -12.4. The second-order valence-electron chi connectivity index (χ2n) is 14.1. The Morgan fingerprint density at radius 2 is 0.887 bits per heavy atom. The van der Waals surface area contributed by atoms with Crippen LogP contribution in [0.4, 0.5) is 24.5 Å². The van der Waals surface area contributed by atoms with Gasteiger partial charge in [-0.25, -0.2) is 34.8 Å². The molecule has 0 bridgehead atoms. The Hall–Kier alpha value is -7.80. The predicted molar refractivity (Wildman–Crippen MR) is 253 cm³/mol. The van der Waals surface area contributed by atoms with Gasteiger partial charge in [-0.05, 0) is 109 Å². The van der Waals surface area contributed by atoms with Crippen LogP contribution in [0.1, 0.15) is 20.7 Å². The van der Waals surface area contributed by atoms with Crippen molar-refractivity contribution < 1.29 is 81.9 Å². The summed E-state index contributed by atoms with van der Waals surface area (Å²) in [6.07, 6.45) is -5.07. The molecule has 6 aromatic carbocycles. The van der Waals surface area contributed by atoms with Crippen molar-refractivity contribution in [1.29, 1.82) is 0 Å². The van der Waals surface area contributed by atoms with E-state index in [1.165, 1.54) is 109 Å². The molecule has 0 aliphatic heterocycles. The highest BCUT2D eigenvalue weighted by Gasteiger charge is 2.34. The molecule has 0 unspecified atom stereocenters. The van der Waals surface area contributed by atoms with Gasteiger partial charge in [0.15, 0.2) is 0 Å². The molecule has 0 radical (unpaired) electrons. The van der Waals surface area contributed by atoms with Crippen LogP contribution in [0, 0.1) is 0 Å². The van der Waals surface area contributed by atoms with Crippen molar-refractivity contribution in [2.45, 2.75) is 24.6 Å². The second-order valence-corrected chi connectivity index (χ2v) is 21.0. The molecule has 372 valence electrons. The molecule has 0 amide bonds. The number of carboxylic acid groups (broad SMARTS) is 2. The van der Waals surface area contributed by atoms with E-state index < -0.39 is 58.8 Å². The van der Waals surface area contributed by atoms with E-state index >= 15 is 0 Å². The van der Waals surface area contributed by atoms with Gasteiger partial charge in [-0.2, -0.15) is 0 Å². The third-order valence-electron chi connectivity index (χ3n) is 9.19. The minimum absolute atomic E-state index is 0.00452. The highest BCUT2D eigenvalue weighted by atomic mass is 32.3. The maximum atomic E-state index is 13.0. The topological polar surface area (TPSA) is 247 Å². The van der Waals surface area contributed by atoms with Crippen molar-refractivity contribution in [2.75, 3.05) is 35.9 Å². The third kappa shape index (κ3) is 14.9. The molecular weight excluding hydrogens is 1020 g/mol. The molecule has 0 saturated heterocycles. The van der Waals surface area contributed by atoms with E-state index in [0.29, 0.717) is 22.8 Å². The van der Waals surface area contributed by atoms with Crippen molar-refractivity contribution in [3.63, 3.8) is 0 Å². The lowest BCUT2D eigenvalue weighted by Gasteiger charge is -2.16.